The number of nitrogens with two attached hydrogens (primary N) is 1. The quantitative estimate of drug-likeness (QED) is 0.561. The molecule has 0 amide bonds. The number of aryl methyl sites for hydroxylation is 2. The number of fused-ring (bicyclic) bond motifs is 1. The van der Waals surface area contributed by atoms with Crippen molar-refractivity contribution < 1.29 is 0 Å². The second-order valence-electron chi connectivity index (χ2n) is 5.15. The maximum absolute atomic E-state index is 5.86. The summed E-state index contributed by atoms with van der Waals surface area (Å²) in [6.45, 7) is 4.25. The van der Waals surface area contributed by atoms with Crippen LogP contribution in [0.15, 0.2) is 47.8 Å². The molecular weight excluding hydrogens is 264 g/mol. The summed E-state index contributed by atoms with van der Waals surface area (Å²) >= 11 is 1.77. The van der Waals surface area contributed by atoms with Crippen LogP contribution >= 0.6 is 11.3 Å². The lowest BCUT2D eigenvalue weighted by Crippen LogP contribution is -2.29. The average molecular weight is 282 g/mol. The van der Waals surface area contributed by atoms with Crippen molar-refractivity contribution >= 4 is 21.4 Å². The summed E-state index contributed by atoms with van der Waals surface area (Å²) in [7, 11) is 0. The van der Waals surface area contributed by atoms with Crippen LogP contribution in [0.25, 0.3) is 10.1 Å². The van der Waals surface area contributed by atoms with Crippen molar-refractivity contribution in [2.75, 3.05) is 0 Å². The summed E-state index contributed by atoms with van der Waals surface area (Å²) in [5, 5.41) is 3.48. The van der Waals surface area contributed by atoms with Gasteiger partial charge in [-0.3, -0.25) is 5.84 Å². The molecule has 0 spiro atoms. The molecule has 0 saturated heterocycles. The van der Waals surface area contributed by atoms with E-state index in [9.17, 15) is 0 Å². The Labute approximate surface area is 123 Å². The first-order chi connectivity index (χ1) is 9.70. The zero-order chi connectivity index (χ0) is 14.1. The Balaban J connectivity index is 2.16. The molecule has 20 heavy (non-hydrogen) atoms. The lowest BCUT2D eigenvalue weighted by atomic mass is 9.94. The monoisotopic (exact) mass is 282 g/mol. The third-order valence-corrected chi connectivity index (χ3v) is 4.72. The van der Waals surface area contributed by atoms with Crippen molar-refractivity contribution in [3.8, 4) is 0 Å². The highest BCUT2D eigenvalue weighted by atomic mass is 32.1. The third kappa shape index (κ3) is 2.24. The van der Waals surface area contributed by atoms with Gasteiger partial charge < -0.3 is 0 Å². The number of rotatable bonds is 3. The van der Waals surface area contributed by atoms with Gasteiger partial charge in [-0.1, -0.05) is 42.0 Å². The molecule has 0 saturated carbocycles. The van der Waals surface area contributed by atoms with Crippen LogP contribution in [0.3, 0.4) is 0 Å². The lowest BCUT2D eigenvalue weighted by Gasteiger charge is -2.19. The molecule has 1 heterocycles. The summed E-state index contributed by atoms with van der Waals surface area (Å²) in [5.74, 6) is 5.86. The second-order valence-corrected chi connectivity index (χ2v) is 6.06. The Kier molecular flexibility index (Phi) is 3.57. The van der Waals surface area contributed by atoms with Crippen molar-refractivity contribution in [1.29, 1.82) is 0 Å². The van der Waals surface area contributed by atoms with Crippen molar-refractivity contribution in [2.24, 2.45) is 5.84 Å². The van der Waals surface area contributed by atoms with E-state index >= 15 is 0 Å². The van der Waals surface area contributed by atoms with Crippen LogP contribution in [0, 0.1) is 13.8 Å². The van der Waals surface area contributed by atoms with E-state index in [0.29, 0.717) is 0 Å². The average Bonchev–Trinajstić information content (AvgIpc) is 2.88. The highest BCUT2D eigenvalue weighted by Crippen LogP contribution is 2.34. The van der Waals surface area contributed by atoms with Gasteiger partial charge in [0.25, 0.3) is 0 Å². The van der Waals surface area contributed by atoms with Gasteiger partial charge in [0.1, 0.15) is 0 Å². The van der Waals surface area contributed by atoms with E-state index in [-0.39, 0.29) is 6.04 Å². The number of nitrogens with one attached hydrogen (secondary N) is 1. The highest BCUT2D eigenvalue weighted by molar-refractivity contribution is 7.17. The van der Waals surface area contributed by atoms with Crippen molar-refractivity contribution in [3.63, 3.8) is 0 Å². The number of benzene rings is 2. The minimum absolute atomic E-state index is 0.0334. The summed E-state index contributed by atoms with van der Waals surface area (Å²) in [5.41, 5.74) is 8.00. The molecule has 3 heteroatoms. The van der Waals surface area contributed by atoms with Crippen molar-refractivity contribution in [3.05, 3.63) is 70.1 Å². The largest absolute Gasteiger partial charge is 0.271 e. The van der Waals surface area contributed by atoms with Crippen LogP contribution in [0.5, 0.6) is 0 Å². The predicted octanol–water partition coefficient (Wildman–Crippen LogP) is 4.07. The SMILES string of the molecule is Cc1ccc(C)c(C(NN)c2csc3ccccc23)c1. The van der Waals surface area contributed by atoms with E-state index in [4.69, 9.17) is 5.84 Å². The van der Waals surface area contributed by atoms with Crippen LogP contribution in [-0.2, 0) is 0 Å². The highest BCUT2D eigenvalue weighted by Gasteiger charge is 2.18. The number of hydrazine groups is 1. The van der Waals surface area contributed by atoms with Gasteiger partial charge >= 0.3 is 0 Å². The molecule has 3 rings (SSSR count). The molecule has 2 nitrogen and oxygen atoms in total. The maximum atomic E-state index is 5.86. The number of thiophene rings is 1. The van der Waals surface area contributed by atoms with E-state index in [1.54, 1.807) is 11.3 Å². The molecule has 0 radical (unpaired) electrons. The van der Waals surface area contributed by atoms with Crippen LogP contribution in [-0.4, -0.2) is 0 Å². The zero-order valence-electron chi connectivity index (χ0n) is 11.7. The normalized spacial score (nSPS) is 12.8. The first-order valence-electron chi connectivity index (χ1n) is 6.70. The fourth-order valence-electron chi connectivity index (χ4n) is 2.64. The smallest absolute Gasteiger partial charge is 0.0726 e. The molecule has 0 aliphatic carbocycles. The summed E-state index contributed by atoms with van der Waals surface area (Å²) in [4.78, 5) is 0. The molecule has 0 aliphatic heterocycles. The maximum Gasteiger partial charge on any atom is 0.0726 e. The molecule has 1 aromatic heterocycles. The van der Waals surface area contributed by atoms with E-state index in [1.807, 2.05) is 0 Å². The molecule has 1 atom stereocenters. The Morgan fingerprint density at radius 1 is 1.05 bits per heavy atom. The minimum atomic E-state index is 0.0334. The van der Waals surface area contributed by atoms with Gasteiger partial charge in [-0.15, -0.1) is 11.3 Å². The van der Waals surface area contributed by atoms with Gasteiger partial charge in [-0.25, -0.2) is 5.43 Å². The summed E-state index contributed by atoms with van der Waals surface area (Å²) < 4.78 is 1.30. The van der Waals surface area contributed by atoms with Gasteiger partial charge in [-0.05, 0) is 47.4 Å². The van der Waals surface area contributed by atoms with Gasteiger partial charge in [0.15, 0.2) is 0 Å². The molecule has 102 valence electrons. The van der Waals surface area contributed by atoms with Crippen LogP contribution in [0.1, 0.15) is 28.3 Å². The van der Waals surface area contributed by atoms with E-state index in [0.717, 1.165) is 0 Å². The molecule has 1 unspecified atom stereocenters. The first kappa shape index (κ1) is 13.3. The standard InChI is InChI=1S/C17H18N2S/c1-11-7-8-12(2)14(9-11)17(19-18)15-10-20-16-6-4-3-5-13(15)16/h3-10,17,19H,18H2,1-2H3. The van der Waals surface area contributed by atoms with Crippen LogP contribution in [0.2, 0.25) is 0 Å². The molecule has 0 fully saturated rings. The van der Waals surface area contributed by atoms with Gasteiger partial charge in [-0.2, -0.15) is 0 Å². The Morgan fingerprint density at radius 3 is 2.65 bits per heavy atom. The van der Waals surface area contributed by atoms with Crippen molar-refractivity contribution in [2.45, 2.75) is 19.9 Å². The molecule has 0 bridgehead atoms. The van der Waals surface area contributed by atoms with E-state index < -0.39 is 0 Å². The minimum Gasteiger partial charge on any atom is -0.271 e. The molecule has 2 aromatic carbocycles. The Morgan fingerprint density at radius 2 is 1.85 bits per heavy atom. The fourth-order valence-corrected chi connectivity index (χ4v) is 3.63. The van der Waals surface area contributed by atoms with Gasteiger partial charge in [0, 0.05) is 4.70 Å². The summed E-state index contributed by atoms with van der Waals surface area (Å²) in [6.07, 6.45) is 0. The number of hydrogen-bond acceptors (Lipinski definition) is 3. The topological polar surface area (TPSA) is 38.0 Å². The Bertz CT molecular complexity index is 746. The van der Waals surface area contributed by atoms with Crippen LogP contribution < -0.4 is 11.3 Å². The predicted molar refractivity (Wildman–Crippen MR) is 86.9 cm³/mol. The van der Waals surface area contributed by atoms with Crippen LogP contribution in [0.4, 0.5) is 0 Å². The van der Waals surface area contributed by atoms with Crippen molar-refractivity contribution in [1.82, 2.24) is 5.43 Å². The summed E-state index contributed by atoms with van der Waals surface area (Å²) in [6, 6.07) is 15.0. The van der Waals surface area contributed by atoms with Gasteiger partial charge in [0.05, 0.1) is 6.04 Å². The Hall–Kier alpha value is -1.68. The lowest BCUT2D eigenvalue weighted by molar-refractivity contribution is 0.638. The zero-order valence-corrected chi connectivity index (χ0v) is 12.5. The molecular formula is C17H18N2S. The first-order valence-corrected chi connectivity index (χ1v) is 7.58. The van der Waals surface area contributed by atoms with E-state index in [2.05, 4.69) is 67.1 Å². The third-order valence-electron chi connectivity index (χ3n) is 3.73. The van der Waals surface area contributed by atoms with Gasteiger partial charge in [0.2, 0.25) is 0 Å². The number of hydrogen-bond donors (Lipinski definition) is 2. The fraction of sp³-hybridized carbons (Fsp3) is 0.176. The molecule has 0 aliphatic rings. The molecule has 3 aromatic rings. The van der Waals surface area contributed by atoms with E-state index in [1.165, 1.54) is 32.3 Å². The molecule has 3 N–H and O–H groups in total. The second kappa shape index (κ2) is 5.37.